The summed E-state index contributed by atoms with van der Waals surface area (Å²) >= 11 is 0. The molecule has 1 N–H and O–H groups in total. The minimum absolute atomic E-state index is 0.108. The molecule has 1 saturated carbocycles. The summed E-state index contributed by atoms with van der Waals surface area (Å²) in [6.07, 6.45) is 5.04. The maximum atomic E-state index is 13.5. The van der Waals surface area contributed by atoms with Crippen LogP contribution in [0.3, 0.4) is 0 Å². The molecule has 2 aromatic rings. The Kier molecular flexibility index (Phi) is 5.33. The van der Waals surface area contributed by atoms with Crippen molar-refractivity contribution in [3.8, 4) is 5.75 Å². The summed E-state index contributed by atoms with van der Waals surface area (Å²) in [6, 6.07) is 16.4. The lowest BCUT2D eigenvalue weighted by molar-refractivity contribution is -0.120. The van der Waals surface area contributed by atoms with Crippen LogP contribution in [0.5, 0.6) is 5.75 Å². The maximum Gasteiger partial charge on any atom is 0.258 e. The summed E-state index contributed by atoms with van der Waals surface area (Å²) in [6.45, 7) is 0. The highest BCUT2D eigenvalue weighted by Gasteiger charge is 2.47. The average Bonchev–Trinajstić information content (AvgIpc) is 3.13. The number of para-hydroxylation sites is 2. The van der Waals surface area contributed by atoms with Gasteiger partial charge in [-0.2, -0.15) is 0 Å². The normalized spacial score (nSPS) is 23.8. The molecule has 0 bridgehead atoms. The van der Waals surface area contributed by atoms with Crippen LogP contribution in [0.2, 0.25) is 0 Å². The number of hydrogen-bond acceptors (Lipinski definition) is 3. The molecule has 3 atom stereocenters. The van der Waals surface area contributed by atoms with Gasteiger partial charge in [0.1, 0.15) is 11.8 Å². The third-order valence-corrected chi connectivity index (χ3v) is 6.00. The van der Waals surface area contributed by atoms with E-state index in [0.29, 0.717) is 17.2 Å². The number of benzene rings is 2. The van der Waals surface area contributed by atoms with Crippen molar-refractivity contribution in [3.05, 3.63) is 60.2 Å². The highest BCUT2D eigenvalue weighted by Crippen LogP contribution is 2.41. The highest BCUT2D eigenvalue weighted by atomic mass is 16.5. The molecule has 0 aromatic heterocycles. The largest absolute Gasteiger partial charge is 0.496 e. The predicted octanol–water partition coefficient (Wildman–Crippen LogP) is 4.11. The molecule has 1 saturated heterocycles. The van der Waals surface area contributed by atoms with Crippen molar-refractivity contribution in [3.63, 3.8) is 0 Å². The first-order chi connectivity index (χ1) is 13.7. The molecule has 2 amide bonds. The Morgan fingerprint density at radius 3 is 2.50 bits per heavy atom. The topological polar surface area (TPSA) is 58.6 Å². The molecule has 146 valence electrons. The summed E-state index contributed by atoms with van der Waals surface area (Å²) in [7, 11) is 1.57. The fraction of sp³-hybridized carbons (Fsp3) is 0.391. The number of ether oxygens (including phenoxy) is 1. The number of amides is 2. The molecule has 0 radical (unpaired) electrons. The predicted molar refractivity (Wildman–Crippen MR) is 108 cm³/mol. The zero-order chi connectivity index (χ0) is 19.5. The van der Waals surface area contributed by atoms with Crippen molar-refractivity contribution in [1.29, 1.82) is 0 Å². The van der Waals surface area contributed by atoms with E-state index in [9.17, 15) is 9.59 Å². The van der Waals surface area contributed by atoms with Gasteiger partial charge >= 0.3 is 0 Å². The van der Waals surface area contributed by atoms with Crippen LogP contribution >= 0.6 is 0 Å². The monoisotopic (exact) mass is 378 g/mol. The van der Waals surface area contributed by atoms with Gasteiger partial charge < -0.3 is 15.0 Å². The van der Waals surface area contributed by atoms with Crippen LogP contribution < -0.4 is 10.1 Å². The lowest BCUT2D eigenvalue weighted by Crippen LogP contribution is -2.47. The van der Waals surface area contributed by atoms with Crippen molar-refractivity contribution in [2.24, 2.45) is 5.92 Å². The minimum atomic E-state index is -0.453. The molecule has 5 heteroatoms. The molecular weight excluding hydrogens is 352 g/mol. The van der Waals surface area contributed by atoms with Gasteiger partial charge in [0.05, 0.1) is 12.7 Å². The molecule has 2 fully saturated rings. The van der Waals surface area contributed by atoms with Crippen LogP contribution in [-0.4, -0.2) is 35.9 Å². The van der Waals surface area contributed by atoms with E-state index >= 15 is 0 Å². The van der Waals surface area contributed by atoms with Gasteiger partial charge in [0.2, 0.25) is 5.91 Å². The van der Waals surface area contributed by atoms with Crippen LogP contribution in [0.4, 0.5) is 5.69 Å². The van der Waals surface area contributed by atoms with Gasteiger partial charge in [-0.15, -0.1) is 0 Å². The number of carbonyl (C=O) groups is 2. The number of methoxy groups -OCH3 is 1. The number of carbonyl (C=O) groups excluding carboxylic acids is 2. The number of likely N-dealkylation sites (tertiary alicyclic amines) is 1. The third kappa shape index (κ3) is 3.49. The van der Waals surface area contributed by atoms with Gasteiger partial charge in [-0.1, -0.05) is 43.2 Å². The first-order valence-corrected chi connectivity index (χ1v) is 10.0. The zero-order valence-corrected chi connectivity index (χ0v) is 16.1. The molecule has 2 aliphatic rings. The van der Waals surface area contributed by atoms with Gasteiger partial charge in [-0.25, -0.2) is 0 Å². The number of hydrogen-bond donors (Lipinski definition) is 1. The van der Waals surface area contributed by atoms with Crippen LogP contribution in [-0.2, 0) is 4.79 Å². The fourth-order valence-corrected chi connectivity index (χ4v) is 4.69. The van der Waals surface area contributed by atoms with Crippen molar-refractivity contribution >= 4 is 17.5 Å². The second kappa shape index (κ2) is 8.05. The van der Waals surface area contributed by atoms with Gasteiger partial charge in [-0.3, -0.25) is 9.59 Å². The quantitative estimate of drug-likeness (QED) is 0.871. The number of rotatable bonds is 4. The van der Waals surface area contributed by atoms with Crippen molar-refractivity contribution in [2.75, 3.05) is 12.4 Å². The Hall–Kier alpha value is -2.82. The van der Waals surface area contributed by atoms with E-state index in [2.05, 4.69) is 5.32 Å². The molecule has 28 heavy (non-hydrogen) atoms. The molecule has 1 aliphatic heterocycles. The van der Waals surface area contributed by atoms with E-state index in [1.165, 1.54) is 6.42 Å². The minimum Gasteiger partial charge on any atom is -0.496 e. The van der Waals surface area contributed by atoms with E-state index in [4.69, 9.17) is 4.74 Å². The lowest BCUT2D eigenvalue weighted by atomic mass is 9.84. The van der Waals surface area contributed by atoms with Crippen molar-refractivity contribution in [1.82, 2.24) is 4.90 Å². The Morgan fingerprint density at radius 1 is 1.00 bits per heavy atom. The summed E-state index contributed by atoms with van der Waals surface area (Å²) < 4.78 is 5.41. The SMILES string of the molecule is COc1ccccc1C(=O)N1[C@@H]2CCCC[C@H]2C[C@H]1C(=O)Nc1ccccc1. The average molecular weight is 378 g/mol. The first-order valence-electron chi connectivity index (χ1n) is 10.0. The van der Waals surface area contributed by atoms with E-state index in [-0.39, 0.29) is 17.9 Å². The molecule has 0 spiro atoms. The lowest BCUT2D eigenvalue weighted by Gasteiger charge is -2.34. The second-order valence-corrected chi connectivity index (χ2v) is 7.63. The van der Waals surface area contributed by atoms with Gasteiger partial charge in [0.25, 0.3) is 5.91 Å². The van der Waals surface area contributed by atoms with Gasteiger partial charge in [0.15, 0.2) is 0 Å². The molecule has 5 nitrogen and oxygen atoms in total. The number of nitrogens with zero attached hydrogens (tertiary/aromatic N) is 1. The van der Waals surface area contributed by atoms with Gasteiger partial charge in [-0.05, 0) is 49.4 Å². The Bertz CT molecular complexity index is 852. The number of nitrogens with one attached hydrogen (secondary N) is 1. The summed E-state index contributed by atoms with van der Waals surface area (Å²) in [5.74, 6) is 0.719. The number of fused-ring (bicyclic) bond motifs is 1. The third-order valence-electron chi connectivity index (χ3n) is 6.00. The van der Waals surface area contributed by atoms with Crippen LogP contribution in [0, 0.1) is 5.92 Å². The highest BCUT2D eigenvalue weighted by molar-refractivity contribution is 6.03. The molecule has 1 heterocycles. The fourth-order valence-electron chi connectivity index (χ4n) is 4.69. The van der Waals surface area contributed by atoms with Crippen LogP contribution in [0.1, 0.15) is 42.5 Å². The van der Waals surface area contributed by atoms with Gasteiger partial charge in [0, 0.05) is 11.7 Å². The molecule has 4 rings (SSSR count). The molecular formula is C23H26N2O3. The van der Waals surface area contributed by atoms with Crippen LogP contribution in [0.15, 0.2) is 54.6 Å². The second-order valence-electron chi connectivity index (χ2n) is 7.63. The zero-order valence-electron chi connectivity index (χ0n) is 16.1. The summed E-state index contributed by atoms with van der Waals surface area (Å²) in [5.41, 5.74) is 1.28. The van der Waals surface area contributed by atoms with E-state index in [1.54, 1.807) is 19.2 Å². The van der Waals surface area contributed by atoms with E-state index in [1.807, 2.05) is 47.4 Å². The Balaban J connectivity index is 1.64. The molecule has 2 aromatic carbocycles. The standard InChI is InChI=1S/C23H26N2O3/c1-28-21-14-8-6-12-18(21)23(27)25-19-13-7-5-9-16(19)15-20(25)22(26)24-17-10-3-2-4-11-17/h2-4,6,8,10-12,14,16,19-20H,5,7,9,13,15H2,1H3,(H,24,26)/t16-,19+,20-/m0/s1. The summed E-state index contributed by atoms with van der Waals surface area (Å²) in [4.78, 5) is 28.5. The van der Waals surface area contributed by atoms with Crippen LogP contribution in [0.25, 0.3) is 0 Å². The first kappa shape index (κ1) is 18.5. The summed E-state index contributed by atoms with van der Waals surface area (Å²) in [5, 5.41) is 2.99. The maximum absolute atomic E-state index is 13.5. The smallest absolute Gasteiger partial charge is 0.258 e. The Morgan fingerprint density at radius 2 is 1.71 bits per heavy atom. The molecule has 0 unspecified atom stereocenters. The van der Waals surface area contributed by atoms with E-state index in [0.717, 1.165) is 31.4 Å². The van der Waals surface area contributed by atoms with Crippen molar-refractivity contribution in [2.45, 2.75) is 44.2 Å². The van der Waals surface area contributed by atoms with Crippen molar-refractivity contribution < 1.29 is 14.3 Å². The molecule has 1 aliphatic carbocycles. The Labute approximate surface area is 165 Å². The van der Waals surface area contributed by atoms with E-state index < -0.39 is 6.04 Å². The number of anilines is 1.